The minimum atomic E-state index is -1.65. The molecular weight excluding hydrogens is 720 g/mol. The number of hydrogen-bond donors (Lipinski definition) is 7. The summed E-state index contributed by atoms with van der Waals surface area (Å²) in [4.78, 5) is 80.7. The maximum Gasteiger partial charge on any atom is 0.334 e. The van der Waals surface area contributed by atoms with E-state index in [2.05, 4.69) is 0 Å². The molecule has 21 nitrogen and oxygen atoms in total. The van der Waals surface area contributed by atoms with Crippen LogP contribution in [0.25, 0.3) is 0 Å². The Morgan fingerprint density at radius 2 is 0.472 bits per heavy atom. The minimum absolute atomic E-state index is 0.284. The summed E-state index contributed by atoms with van der Waals surface area (Å²) in [5.74, 6) is -6.86. The molecule has 0 aromatic carbocycles. The number of esters is 7. The zero-order valence-electron chi connectivity index (χ0n) is 31.0. The number of aliphatic hydroxyl groups is 7. The van der Waals surface area contributed by atoms with Crippen LogP contribution in [0, 0.1) is 10.8 Å². The zero-order valence-corrected chi connectivity index (χ0v) is 31.0. The third-order valence-electron chi connectivity index (χ3n) is 6.78. The van der Waals surface area contributed by atoms with Crippen molar-refractivity contribution in [3.63, 3.8) is 0 Å². The van der Waals surface area contributed by atoms with E-state index in [9.17, 15) is 54.0 Å². The van der Waals surface area contributed by atoms with E-state index in [1.807, 2.05) is 0 Å². The van der Waals surface area contributed by atoms with Crippen molar-refractivity contribution in [1.29, 1.82) is 0 Å². The molecule has 0 spiro atoms. The second-order valence-corrected chi connectivity index (χ2v) is 12.3. The first-order valence-corrected chi connectivity index (χ1v) is 16.3. The topological polar surface area (TPSA) is 326 Å². The molecule has 308 valence electrons. The van der Waals surface area contributed by atoms with Crippen molar-refractivity contribution in [2.24, 2.45) is 10.8 Å². The molecule has 0 aliphatic carbocycles. The summed E-state index contributed by atoms with van der Waals surface area (Å²) in [6, 6.07) is 0. The van der Waals surface area contributed by atoms with E-state index in [0.717, 1.165) is 27.7 Å². The Hall–Kier alpha value is -3.99. The van der Waals surface area contributed by atoms with Gasteiger partial charge in [-0.15, -0.1) is 0 Å². The largest absolute Gasteiger partial charge is 0.463 e. The average molecular weight is 775 g/mol. The van der Waals surface area contributed by atoms with Crippen LogP contribution in [-0.4, -0.2) is 167 Å². The number of ether oxygens (including phenoxy) is 7. The van der Waals surface area contributed by atoms with Crippen LogP contribution in [0.2, 0.25) is 0 Å². The van der Waals surface area contributed by atoms with Crippen LogP contribution in [0.15, 0.2) is 0 Å². The molecular formula is C32H54O21. The van der Waals surface area contributed by atoms with Gasteiger partial charge in [0.15, 0.2) is 0 Å². The van der Waals surface area contributed by atoms with Crippen LogP contribution in [0.3, 0.4) is 0 Å². The molecule has 0 saturated heterocycles. The quantitative estimate of drug-likeness (QED) is 0.0421. The van der Waals surface area contributed by atoms with Crippen molar-refractivity contribution in [3.8, 4) is 0 Å². The van der Waals surface area contributed by atoms with Crippen LogP contribution in [0.4, 0.5) is 0 Å². The second-order valence-electron chi connectivity index (χ2n) is 12.3. The Balaban J connectivity index is 0. The minimum Gasteiger partial charge on any atom is -0.463 e. The normalized spacial score (nSPS) is 17.1. The Morgan fingerprint density at radius 1 is 0.340 bits per heavy atom. The molecule has 53 heavy (non-hydrogen) atoms. The summed E-state index contributed by atoms with van der Waals surface area (Å²) in [6.07, 6.45) is -9.68. The summed E-state index contributed by atoms with van der Waals surface area (Å²) in [5.41, 5.74) is -2.72. The predicted octanol–water partition coefficient (Wildman–Crippen LogP) is -3.18. The van der Waals surface area contributed by atoms with E-state index in [-0.39, 0.29) is 19.8 Å². The van der Waals surface area contributed by atoms with E-state index < -0.39 is 122 Å². The number of rotatable bonds is 22. The fourth-order valence-electron chi connectivity index (χ4n) is 3.09. The molecule has 7 unspecified atom stereocenters. The van der Waals surface area contributed by atoms with Crippen LogP contribution in [0.1, 0.15) is 61.8 Å². The van der Waals surface area contributed by atoms with Crippen LogP contribution in [0.5, 0.6) is 0 Å². The van der Waals surface area contributed by atoms with Gasteiger partial charge < -0.3 is 68.9 Å². The number of hydrogen-bond acceptors (Lipinski definition) is 21. The Labute approximate surface area is 306 Å². The monoisotopic (exact) mass is 774 g/mol. The molecule has 0 bridgehead atoms. The first-order valence-electron chi connectivity index (χ1n) is 16.3. The Morgan fingerprint density at radius 3 is 0.585 bits per heavy atom. The third kappa shape index (κ3) is 21.3. The molecule has 0 aromatic rings. The summed E-state index contributed by atoms with van der Waals surface area (Å²) in [7, 11) is 0. The number of carbonyl (C=O) groups excluding carboxylic acids is 7. The summed E-state index contributed by atoms with van der Waals surface area (Å²) in [6.45, 7) is 6.55. The van der Waals surface area contributed by atoms with Gasteiger partial charge in [0.05, 0.1) is 5.41 Å². The van der Waals surface area contributed by atoms with Gasteiger partial charge in [-0.1, -0.05) is 6.92 Å². The lowest BCUT2D eigenvalue weighted by molar-refractivity contribution is -0.180. The van der Waals surface area contributed by atoms with Gasteiger partial charge in [-0.05, 0) is 54.9 Å². The molecule has 0 rings (SSSR count). The van der Waals surface area contributed by atoms with Crippen molar-refractivity contribution in [2.45, 2.75) is 105 Å². The molecule has 0 heterocycles. The lowest BCUT2D eigenvalue weighted by Gasteiger charge is -2.32. The van der Waals surface area contributed by atoms with Crippen molar-refractivity contribution < 1.29 is 102 Å². The molecule has 0 saturated carbocycles. The molecule has 0 fully saturated rings. The molecule has 7 atom stereocenters. The fraction of sp³-hybridized carbons (Fsp3) is 0.781. The fourth-order valence-corrected chi connectivity index (χ4v) is 3.09. The summed E-state index contributed by atoms with van der Waals surface area (Å²) in [5, 5.41) is 64.5. The number of aliphatic hydroxyl groups excluding tert-OH is 7. The molecule has 0 aliphatic rings. The summed E-state index contributed by atoms with van der Waals surface area (Å²) < 4.78 is 34.4. The van der Waals surface area contributed by atoms with E-state index in [0.29, 0.717) is 6.42 Å². The van der Waals surface area contributed by atoms with Gasteiger partial charge in [-0.25, -0.2) is 33.6 Å². The smallest absolute Gasteiger partial charge is 0.334 e. The van der Waals surface area contributed by atoms with Gasteiger partial charge in [0, 0.05) is 0 Å². The highest BCUT2D eigenvalue weighted by Gasteiger charge is 2.39. The van der Waals surface area contributed by atoms with Gasteiger partial charge in [0.1, 0.15) is 94.4 Å². The van der Waals surface area contributed by atoms with Crippen molar-refractivity contribution in [3.05, 3.63) is 0 Å². The molecule has 0 radical (unpaired) electrons. The third-order valence-corrected chi connectivity index (χ3v) is 6.78. The SMILES string of the molecule is CC(O)C(=O)OCC(COC(=O)C(C)O)(COC(=O)C(C)O)COC(=O)C(C)O.CCC(COC(=O)C(C)O)(COC(=O)C(C)O)COC(=O)C(C)O. The average Bonchev–Trinajstić information content (AvgIpc) is 3.09. The number of carbonyl (C=O) groups is 7. The van der Waals surface area contributed by atoms with E-state index >= 15 is 0 Å². The highest BCUT2D eigenvalue weighted by molar-refractivity contribution is 5.76. The van der Waals surface area contributed by atoms with Crippen LogP contribution < -0.4 is 0 Å². The maximum atomic E-state index is 11.6. The first-order chi connectivity index (χ1) is 24.4. The van der Waals surface area contributed by atoms with Gasteiger partial charge in [-0.2, -0.15) is 0 Å². The van der Waals surface area contributed by atoms with Gasteiger partial charge >= 0.3 is 41.8 Å². The Kier molecular flexibility index (Phi) is 24.2. The first kappa shape index (κ1) is 51.1. The van der Waals surface area contributed by atoms with Crippen molar-refractivity contribution >= 4 is 41.8 Å². The van der Waals surface area contributed by atoms with E-state index in [1.54, 1.807) is 6.92 Å². The lowest BCUT2D eigenvalue weighted by Crippen LogP contribution is -2.46. The predicted molar refractivity (Wildman–Crippen MR) is 174 cm³/mol. The van der Waals surface area contributed by atoms with Gasteiger partial charge in [0.2, 0.25) is 0 Å². The van der Waals surface area contributed by atoms with Gasteiger partial charge in [0.25, 0.3) is 0 Å². The highest BCUT2D eigenvalue weighted by Crippen LogP contribution is 2.25. The molecule has 0 aromatic heterocycles. The standard InChI is InChI=1S/C17H28O12.C15H26O9/c1-9(18)13(22)26-5-17(6-27-14(23)10(2)19,7-28-15(24)11(3)20)8-29-16(25)12(4)21;1-5-15(6-22-12(19)9(2)16,7-23-13(20)10(3)17)8-24-14(21)11(4)18/h9-12,18-21H,5-8H2,1-4H3;9-11,16-18H,5-8H2,1-4H3. The highest BCUT2D eigenvalue weighted by atomic mass is 16.6. The lowest BCUT2D eigenvalue weighted by atomic mass is 9.88. The van der Waals surface area contributed by atoms with E-state index in [1.165, 1.54) is 20.8 Å². The molecule has 0 aliphatic heterocycles. The van der Waals surface area contributed by atoms with E-state index in [4.69, 9.17) is 48.5 Å². The molecule has 7 N–H and O–H groups in total. The zero-order chi connectivity index (χ0) is 41.7. The van der Waals surface area contributed by atoms with Gasteiger partial charge in [-0.3, -0.25) is 0 Å². The maximum absolute atomic E-state index is 11.6. The van der Waals surface area contributed by atoms with Crippen LogP contribution >= 0.6 is 0 Å². The summed E-state index contributed by atoms with van der Waals surface area (Å²) >= 11 is 0. The molecule has 21 heteroatoms. The van der Waals surface area contributed by atoms with Crippen molar-refractivity contribution in [2.75, 3.05) is 46.2 Å². The second kappa shape index (κ2) is 25.1. The molecule has 0 amide bonds. The van der Waals surface area contributed by atoms with Crippen molar-refractivity contribution in [1.82, 2.24) is 0 Å². The van der Waals surface area contributed by atoms with Crippen LogP contribution in [-0.2, 0) is 66.7 Å². The Bertz CT molecular complexity index is 1010.